The second-order valence-corrected chi connectivity index (χ2v) is 8.43. The molecule has 7 heteroatoms. The summed E-state index contributed by atoms with van der Waals surface area (Å²) < 4.78 is 9.83. The summed E-state index contributed by atoms with van der Waals surface area (Å²) >= 11 is 0. The molecule has 0 saturated carbocycles. The third-order valence-corrected chi connectivity index (χ3v) is 3.92. The van der Waals surface area contributed by atoms with Crippen molar-refractivity contribution in [2.24, 2.45) is 10.8 Å². The van der Waals surface area contributed by atoms with E-state index in [0.717, 1.165) is 38.2 Å². The van der Waals surface area contributed by atoms with Gasteiger partial charge < -0.3 is 14.4 Å². The Hall–Kier alpha value is -2.33. The number of esters is 2. The highest BCUT2D eigenvalue weighted by atomic mass is 17.2. The summed E-state index contributed by atoms with van der Waals surface area (Å²) in [7, 11) is 0. The van der Waals surface area contributed by atoms with Gasteiger partial charge in [-0.1, -0.05) is 54.2 Å². The van der Waals surface area contributed by atoms with Crippen molar-refractivity contribution in [2.45, 2.75) is 73.6 Å². The van der Waals surface area contributed by atoms with E-state index in [2.05, 4.69) is 40.0 Å². The Balaban J connectivity index is 0. The molecule has 0 aromatic carbocycles. The fraction of sp³-hybridized carbons (Fsp3) is 0.696. The SMILES string of the molecule is C.C=CC(=O)OCCOOC(=C)CC(=O)OCCCCCC(C)(C#N)CC(C)(C)C. The number of unbranched alkanes of at least 4 members (excludes halogenated alkanes) is 2. The first-order valence-corrected chi connectivity index (χ1v) is 9.85. The van der Waals surface area contributed by atoms with E-state index in [0.29, 0.717) is 6.61 Å². The maximum atomic E-state index is 11.7. The Morgan fingerprint density at radius 1 is 1.03 bits per heavy atom. The molecule has 172 valence electrons. The normalized spacial score (nSPS) is 12.5. The van der Waals surface area contributed by atoms with E-state index >= 15 is 0 Å². The van der Waals surface area contributed by atoms with Crippen molar-refractivity contribution in [2.75, 3.05) is 19.8 Å². The third kappa shape index (κ3) is 16.6. The average Bonchev–Trinajstić information content (AvgIpc) is 2.62. The minimum absolute atomic E-state index is 0. The number of nitrogens with zero attached hydrogens (tertiary/aromatic N) is 1. The summed E-state index contributed by atoms with van der Waals surface area (Å²) in [6.45, 7) is 15.6. The summed E-state index contributed by atoms with van der Waals surface area (Å²) in [6, 6.07) is 2.45. The first-order valence-electron chi connectivity index (χ1n) is 9.85. The van der Waals surface area contributed by atoms with Crippen molar-refractivity contribution in [1.29, 1.82) is 5.26 Å². The Morgan fingerprint density at radius 3 is 2.27 bits per heavy atom. The minimum Gasteiger partial charge on any atom is -0.465 e. The molecule has 30 heavy (non-hydrogen) atoms. The predicted molar refractivity (Wildman–Crippen MR) is 116 cm³/mol. The van der Waals surface area contributed by atoms with Crippen LogP contribution in [0.15, 0.2) is 25.0 Å². The number of hydrogen-bond donors (Lipinski definition) is 0. The molecule has 0 fully saturated rings. The smallest absolute Gasteiger partial charge is 0.330 e. The molecule has 0 bridgehead atoms. The lowest BCUT2D eigenvalue weighted by molar-refractivity contribution is -0.268. The van der Waals surface area contributed by atoms with Crippen LogP contribution in [0, 0.1) is 22.2 Å². The summed E-state index contributed by atoms with van der Waals surface area (Å²) in [5.41, 5.74) is -0.210. The standard InChI is InChI=1S/C22H35NO6.CH4/c1-7-19(24)27-13-14-28-29-18(2)15-20(25)26-12-10-8-9-11-22(6,17-23)16-21(3,4)5;/h7H,1-2,8-16H2,3-6H3;1H4. The molecule has 0 aromatic heterocycles. The molecule has 0 heterocycles. The van der Waals surface area contributed by atoms with Crippen molar-refractivity contribution in [3.05, 3.63) is 25.0 Å². The predicted octanol–water partition coefficient (Wildman–Crippen LogP) is 5.27. The fourth-order valence-corrected chi connectivity index (χ4v) is 2.94. The van der Waals surface area contributed by atoms with Crippen LogP contribution in [0.4, 0.5) is 0 Å². The van der Waals surface area contributed by atoms with Gasteiger partial charge in [-0.2, -0.15) is 10.1 Å². The van der Waals surface area contributed by atoms with Crippen LogP contribution in [-0.4, -0.2) is 31.8 Å². The number of hydrogen-bond acceptors (Lipinski definition) is 7. The van der Waals surface area contributed by atoms with E-state index in [9.17, 15) is 14.9 Å². The van der Waals surface area contributed by atoms with Crippen molar-refractivity contribution in [1.82, 2.24) is 0 Å². The maximum Gasteiger partial charge on any atom is 0.330 e. The van der Waals surface area contributed by atoms with Gasteiger partial charge >= 0.3 is 11.9 Å². The third-order valence-electron chi connectivity index (χ3n) is 3.92. The van der Waals surface area contributed by atoms with Crippen LogP contribution in [0.3, 0.4) is 0 Å². The summed E-state index contributed by atoms with van der Waals surface area (Å²) in [4.78, 5) is 32.1. The van der Waals surface area contributed by atoms with Crippen molar-refractivity contribution in [3.8, 4) is 6.07 Å². The van der Waals surface area contributed by atoms with Crippen LogP contribution in [-0.2, 0) is 28.8 Å². The number of rotatable bonds is 15. The average molecular weight is 426 g/mol. The second-order valence-electron chi connectivity index (χ2n) is 8.43. The van der Waals surface area contributed by atoms with Crippen LogP contribution in [0.25, 0.3) is 0 Å². The Labute approximate surface area is 181 Å². The van der Waals surface area contributed by atoms with Crippen LogP contribution in [0.5, 0.6) is 0 Å². The van der Waals surface area contributed by atoms with Gasteiger partial charge in [-0.3, -0.25) is 4.79 Å². The molecule has 1 unspecified atom stereocenters. The molecule has 0 N–H and O–H groups in total. The zero-order valence-electron chi connectivity index (χ0n) is 18.3. The van der Waals surface area contributed by atoms with Gasteiger partial charge in [-0.25, -0.2) is 4.79 Å². The van der Waals surface area contributed by atoms with Crippen LogP contribution in [0.2, 0.25) is 0 Å². The highest BCUT2D eigenvalue weighted by Gasteiger charge is 2.29. The molecule has 0 spiro atoms. The molecule has 0 saturated heterocycles. The lowest BCUT2D eigenvalue weighted by Gasteiger charge is -2.30. The quantitative estimate of drug-likeness (QED) is 0.0880. The summed E-state index contributed by atoms with van der Waals surface area (Å²) in [5.74, 6) is -0.897. The number of nitriles is 1. The van der Waals surface area contributed by atoms with Gasteiger partial charge in [0.1, 0.15) is 25.4 Å². The molecule has 0 aromatic rings. The van der Waals surface area contributed by atoms with Gasteiger partial charge in [0.15, 0.2) is 0 Å². The molecule has 0 radical (unpaired) electrons. The maximum absolute atomic E-state index is 11.7. The lowest BCUT2D eigenvalue weighted by Crippen LogP contribution is -2.22. The fourth-order valence-electron chi connectivity index (χ4n) is 2.94. The van der Waals surface area contributed by atoms with Crippen molar-refractivity contribution < 1.29 is 28.8 Å². The van der Waals surface area contributed by atoms with E-state index in [-0.39, 0.29) is 43.7 Å². The number of ether oxygens (including phenoxy) is 2. The van der Waals surface area contributed by atoms with E-state index in [1.54, 1.807) is 0 Å². The molecular formula is C23H39NO6. The van der Waals surface area contributed by atoms with Crippen LogP contribution < -0.4 is 0 Å². The van der Waals surface area contributed by atoms with E-state index in [1.807, 2.05) is 6.92 Å². The zero-order valence-corrected chi connectivity index (χ0v) is 18.3. The first kappa shape index (κ1) is 29.9. The molecule has 0 amide bonds. The van der Waals surface area contributed by atoms with Crippen molar-refractivity contribution >= 4 is 11.9 Å². The topological polar surface area (TPSA) is 94.8 Å². The van der Waals surface area contributed by atoms with E-state index in [4.69, 9.17) is 19.2 Å². The Bertz CT molecular complexity index is 587. The molecule has 0 rings (SSSR count). The minimum atomic E-state index is -0.553. The van der Waals surface area contributed by atoms with Gasteiger partial charge in [-0.15, -0.1) is 0 Å². The Kier molecular flexibility index (Phi) is 15.4. The van der Waals surface area contributed by atoms with Gasteiger partial charge in [0.25, 0.3) is 0 Å². The highest BCUT2D eigenvalue weighted by Crippen LogP contribution is 2.36. The summed E-state index contributed by atoms with van der Waals surface area (Å²) in [6.07, 6.45) is 5.15. The Morgan fingerprint density at radius 2 is 1.70 bits per heavy atom. The molecule has 0 aliphatic heterocycles. The van der Waals surface area contributed by atoms with E-state index in [1.165, 1.54) is 0 Å². The molecule has 7 nitrogen and oxygen atoms in total. The highest BCUT2D eigenvalue weighted by molar-refractivity contribution is 5.81. The zero-order chi connectivity index (χ0) is 22.3. The summed E-state index contributed by atoms with van der Waals surface area (Å²) in [5, 5.41) is 9.46. The number of carbonyl (C=O) groups is 2. The van der Waals surface area contributed by atoms with Gasteiger partial charge in [0.05, 0.1) is 18.1 Å². The second kappa shape index (κ2) is 15.5. The molecule has 1 atom stereocenters. The largest absolute Gasteiger partial charge is 0.465 e. The van der Waals surface area contributed by atoms with Gasteiger partial charge in [0, 0.05) is 6.08 Å². The van der Waals surface area contributed by atoms with Crippen molar-refractivity contribution in [3.63, 3.8) is 0 Å². The van der Waals surface area contributed by atoms with Gasteiger partial charge in [-0.05, 0) is 31.6 Å². The monoisotopic (exact) mass is 425 g/mol. The van der Waals surface area contributed by atoms with Crippen LogP contribution >= 0.6 is 0 Å². The van der Waals surface area contributed by atoms with E-state index < -0.39 is 11.9 Å². The molecular weight excluding hydrogens is 386 g/mol. The van der Waals surface area contributed by atoms with Crippen LogP contribution in [0.1, 0.15) is 73.6 Å². The lowest BCUT2D eigenvalue weighted by atomic mass is 9.73. The number of carbonyl (C=O) groups excluding carboxylic acids is 2. The molecule has 0 aliphatic carbocycles. The first-order chi connectivity index (χ1) is 13.5. The van der Waals surface area contributed by atoms with Gasteiger partial charge in [0.2, 0.25) is 0 Å². The molecule has 0 aliphatic rings.